The maximum absolute atomic E-state index is 9.79. The molecule has 0 spiro atoms. The molecule has 1 rings (SSSR count). The van der Waals surface area contributed by atoms with Gasteiger partial charge in [-0.05, 0) is 32.6 Å². The van der Waals surface area contributed by atoms with Gasteiger partial charge in [0, 0.05) is 26.3 Å². The molecule has 0 heterocycles. The molecule has 0 saturated heterocycles. The summed E-state index contributed by atoms with van der Waals surface area (Å²) in [5.74, 6) is 0. The quantitative estimate of drug-likeness (QED) is 0.649. The molecule has 0 aromatic rings. The Balaban J connectivity index is 2.03. The largest absolute Gasteiger partial charge is 0.389 e. The molecule has 1 atom stereocenters. The fourth-order valence-corrected chi connectivity index (χ4v) is 1.52. The molecule has 2 N–H and O–H groups in total. The minimum atomic E-state index is -0.401. The van der Waals surface area contributed by atoms with Crippen LogP contribution in [-0.2, 0) is 4.74 Å². The number of hydrogen-bond donors (Lipinski definition) is 2. The molecule has 1 saturated carbocycles. The van der Waals surface area contributed by atoms with Crippen LogP contribution in [0.3, 0.4) is 0 Å². The predicted octanol–water partition coefficient (Wildman–Crippen LogP) is 0.916. The van der Waals surface area contributed by atoms with E-state index in [1.54, 1.807) is 7.11 Å². The van der Waals surface area contributed by atoms with Crippen LogP contribution in [0.15, 0.2) is 0 Å². The second-order valence-electron chi connectivity index (χ2n) is 4.14. The summed E-state index contributed by atoms with van der Waals surface area (Å²) in [5.41, 5.74) is -0.401. The number of nitrogens with one attached hydrogen (secondary N) is 1. The number of ether oxygens (including phenoxy) is 1. The number of hydrogen-bond acceptors (Lipinski definition) is 3. The van der Waals surface area contributed by atoms with E-state index in [-0.39, 0.29) is 0 Å². The summed E-state index contributed by atoms with van der Waals surface area (Å²) in [4.78, 5) is 0. The first-order valence-corrected chi connectivity index (χ1v) is 5.11. The molecule has 1 fully saturated rings. The average Bonchev–Trinajstić information content (AvgIpc) is 2.08. The molecule has 0 aromatic heterocycles. The summed E-state index contributed by atoms with van der Waals surface area (Å²) in [7, 11) is 1.71. The summed E-state index contributed by atoms with van der Waals surface area (Å²) >= 11 is 0. The van der Waals surface area contributed by atoms with Gasteiger partial charge in [-0.2, -0.15) is 0 Å². The van der Waals surface area contributed by atoms with Crippen LogP contribution < -0.4 is 5.32 Å². The van der Waals surface area contributed by atoms with E-state index in [4.69, 9.17) is 4.74 Å². The Kier molecular flexibility index (Phi) is 4.16. The van der Waals surface area contributed by atoms with Crippen LogP contribution in [0.25, 0.3) is 0 Å². The molecule has 0 aromatic carbocycles. The highest BCUT2D eigenvalue weighted by molar-refractivity contribution is 4.89. The van der Waals surface area contributed by atoms with Gasteiger partial charge in [0.15, 0.2) is 0 Å². The minimum absolute atomic E-state index is 0.401. The second kappa shape index (κ2) is 4.94. The number of rotatable bonds is 6. The van der Waals surface area contributed by atoms with Gasteiger partial charge in [0.05, 0.1) is 5.60 Å². The van der Waals surface area contributed by atoms with Crippen LogP contribution in [0.1, 0.15) is 32.6 Å². The first-order chi connectivity index (χ1) is 6.16. The molecule has 1 aliphatic carbocycles. The monoisotopic (exact) mass is 187 g/mol. The molecule has 0 amide bonds. The van der Waals surface area contributed by atoms with Crippen LogP contribution in [0.2, 0.25) is 0 Å². The van der Waals surface area contributed by atoms with Gasteiger partial charge in [-0.3, -0.25) is 0 Å². The van der Waals surface area contributed by atoms with Crippen molar-refractivity contribution in [3.8, 4) is 0 Å². The lowest BCUT2D eigenvalue weighted by Gasteiger charge is -2.37. The van der Waals surface area contributed by atoms with Crippen molar-refractivity contribution in [2.45, 2.75) is 44.2 Å². The number of methoxy groups -OCH3 is 1. The van der Waals surface area contributed by atoms with Crippen molar-refractivity contribution in [3.63, 3.8) is 0 Å². The highest BCUT2D eigenvalue weighted by Crippen LogP contribution is 2.30. The van der Waals surface area contributed by atoms with E-state index >= 15 is 0 Å². The van der Waals surface area contributed by atoms with Crippen LogP contribution >= 0.6 is 0 Å². The maximum atomic E-state index is 9.79. The average molecular weight is 187 g/mol. The normalized spacial score (nSPS) is 22.4. The van der Waals surface area contributed by atoms with E-state index in [9.17, 15) is 5.11 Å². The Hall–Kier alpha value is -0.120. The van der Waals surface area contributed by atoms with Gasteiger partial charge >= 0.3 is 0 Å². The Morgan fingerprint density at radius 2 is 2.23 bits per heavy atom. The Bertz CT molecular complexity index is 146. The third-order valence-electron chi connectivity index (χ3n) is 2.82. The van der Waals surface area contributed by atoms with E-state index in [0.717, 1.165) is 32.4 Å². The second-order valence-corrected chi connectivity index (χ2v) is 4.14. The highest BCUT2D eigenvalue weighted by atomic mass is 16.5. The Labute approximate surface area is 80.5 Å². The van der Waals surface area contributed by atoms with Crippen molar-refractivity contribution in [2.75, 3.05) is 20.3 Å². The summed E-state index contributed by atoms with van der Waals surface area (Å²) in [6, 6.07) is 0.435. The smallest absolute Gasteiger partial charge is 0.0771 e. The third-order valence-corrected chi connectivity index (χ3v) is 2.82. The molecule has 0 radical (unpaired) electrons. The molecule has 13 heavy (non-hydrogen) atoms. The molecule has 1 unspecified atom stereocenters. The first-order valence-electron chi connectivity index (χ1n) is 5.11. The van der Waals surface area contributed by atoms with Crippen molar-refractivity contribution < 1.29 is 9.84 Å². The summed E-state index contributed by atoms with van der Waals surface area (Å²) < 4.78 is 4.98. The van der Waals surface area contributed by atoms with E-state index in [1.165, 1.54) is 6.42 Å². The zero-order chi connectivity index (χ0) is 9.73. The number of aliphatic hydroxyl groups is 1. The summed E-state index contributed by atoms with van der Waals surface area (Å²) in [5, 5.41) is 13.1. The van der Waals surface area contributed by atoms with Gasteiger partial charge in [0.1, 0.15) is 0 Å². The van der Waals surface area contributed by atoms with E-state index in [1.807, 2.05) is 0 Å². The third kappa shape index (κ3) is 3.63. The fourth-order valence-electron chi connectivity index (χ4n) is 1.52. The van der Waals surface area contributed by atoms with Crippen molar-refractivity contribution in [3.05, 3.63) is 0 Å². The first kappa shape index (κ1) is 11.0. The van der Waals surface area contributed by atoms with Gasteiger partial charge in [-0.25, -0.2) is 0 Å². The molecule has 3 nitrogen and oxygen atoms in total. The van der Waals surface area contributed by atoms with Crippen molar-refractivity contribution >= 4 is 0 Å². The molecule has 0 aliphatic heterocycles. The van der Waals surface area contributed by atoms with Crippen LogP contribution in [-0.4, -0.2) is 37.0 Å². The fraction of sp³-hybridized carbons (Fsp3) is 1.00. The van der Waals surface area contributed by atoms with Crippen molar-refractivity contribution in [2.24, 2.45) is 0 Å². The zero-order valence-electron chi connectivity index (χ0n) is 8.68. The van der Waals surface area contributed by atoms with Crippen LogP contribution in [0.5, 0.6) is 0 Å². The van der Waals surface area contributed by atoms with Gasteiger partial charge in [0.2, 0.25) is 0 Å². The lowest BCUT2D eigenvalue weighted by Crippen LogP contribution is -2.48. The van der Waals surface area contributed by atoms with Gasteiger partial charge in [-0.1, -0.05) is 0 Å². The van der Waals surface area contributed by atoms with Crippen LogP contribution in [0, 0.1) is 0 Å². The topological polar surface area (TPSA) is 41.5 Å². The molecular formula is C10H21NO2. The van der Waals surface area contributed by atoms with Gasteiger partial charge in [0.25, 0.3) is 0 Å². The van der Waals surface area contributed by atoms with E-state index in [2.05, 4.69) is 12.2 Å². The Morgan fingerprint density at radius 1 is 1.54 bits per heavy atom. The Morgan fingerprint density at radius 3 is 2.69 bits per heavy atom. The summed E-state index contributed by atoms with van der Waals surface area (Å²) in [6.45, 7) is 3.64. The van der Waals surface area contributed by atoms with Gasteiger partial charge in [-0.15, -0.1) is 0 Å². The zero-order valence-corrected chi connectivity index (χ0v) is 8.68. The predicted molar refractivity (Wildman–Crippen MR) is 52.8 cm³/mol. The van der Waals surface area contributed by atoms with Crippen molar-refractivity contribution in [1.82, 2.24) is 5.32 Å². The maximum Gasteiger partial charge on any atom is 0.0771 e. The molecule has 1 aliphatic rings. The standard InChI is InChI=1S/C10H21NO2/c1-9(4-7-13-2)11-8-10(12)5-3-6-10/h9,11-12H,3-8H2,1-2H3. The SMILES string of the molecule is COCCC(C)NCC1(O)CCC1. The minimum Gasteiger partial charge on any atom is -0.389 e. The van der Waals surface area contributed by atoms with E-state index < -0.39 is 5.60 Å². The lowest BCUT2D eigenvalue weighted by atomic mass is 9.80. The highest BCUT2D eigenvalue weighted by Gasteiger charge is 2.33. The molecule has 3 heteroatoms. The molecular weight excluding hydrogens is 166 g/mol. The van der Waals surface area contributed by atoms with E-state index in [0.29, 0.717) is 6.04 Å². The lowest BCUT2D eigenvalue weighted by molar-refractivity contribution is -0.0333. The van der Waals surface area contributed by atoms with Crippen molar-refractivity contribution in [1.29, 1.82) is 0 Å². The molecule has 78 valence electrons. The van der Waals surface area contributed by atoms with Crippen LogP contribution in [0.4, 0.5) is 0 Å². The summed E-state index contributed by atoms with van der Waals surface area (Å²) in [6.07, 6.45) is 4.09. The van der Waals surface area contributed by atoms with Gasteiger partial charge < -0.3 is 15.2 Å². The molecule has 0 bridgehead atoms.